The molecule has 1 heterocycles. The van der Waals surface area contributed by atoms with E-state index in [4.69, 9.17) is 16.3 Å². The predicted molar refractivity (Wildman–Crippen MR) is 112 cm³/mol. The summed E-state index contributed by atoms with van der Waals surface area (Å²) in [5.74, 6) is -0.797. The Bertz CT molecular complexity index is 999. The van der Waals surface area contributed by atoms with E-state index in [1.54, 1.807) is 25.1 Å². The molecule has 1 aliphatic rings. The fourth-order valence-corrected chi connectivity index (χ4v) is 5.33. The Balaban J connectivity index is 1.71. The maximum absolute atomic E-state index is 13.2. The summed E-state index contributed by atoms with van der Waals surface area (Å²) in [6.07, 6.45) is 1.16. The van der Waals surface area contributed by atoms with Crippen LogP contribution in [0.4, 0.5) is 4.39 Å². The smallest absolute Gasteiger partial charge is 0.246 e. The molecule has 2 aromatic carbocycles. The first-order chi connectivity index (χ1) is 14.3. The molecule has 3 rings (SSSR count). The third kappa shape index (κ3) is 5.30. The maximum atomic E-state index is 13.2. The van der Waals surface area contributed by atoms with E-state index in [2.05, 4.69) is 5.32 Å². The number of halogens is 2. The SMILES string of the molecule is CCOc1ccc(Cl)cc1S(=O)(=O)N1CCCC(C(=O)NCc2ccc(F)cc2)C1. The molecule has 1 saturated heterocycles. The fourth-order valence-electron chi connectivity index (χ4n) is 3.41. The summed E-state index contributed by atoms with van der Waals surface area (Å²) in [6.45, 7) is 2.74. The molecule has 0 radical (unpaired) electrons. The minimum absolute atomic E-state index is 0.00391. The van der Waals surface area contributed by atoms with E-state index < -0.39 is 15.9 Å². The average Bonchev–Trinajstić information content (AvgIpc) is 2.74. The molecule has 2 aromatic rings. The van der Waals surface area contributed by atoms with E-state index >= 15 is 0 Å². The highest BCUT2D eigenvalue weighted by Crippen LogP contribution is 2.32. The van der Waals surface area contributed by atoms with Gasteiger partial charge in [0.1, 0.15) is 16.5 Å². The number of nitrogens with zero attached hydrogens (tertiary/aromatic N) is 1. The lowest BCUT2D eigenvalue weighted by Gasteiger charge is -2.31. The zero-order chi connectivity index (χ0) is 21.7. The number of amides is 1. The third-order valence-electron chi connectivity index (χ3n) is 4.96. The van der Waals surface area contributed by atoms with Crippen LogP contribution in [0, 0.1) is 11.7 Å². The highest BCUT2D eigenvalue weighted by Gasteiger charge is 2.35. The molecule has 1 aliphatic heterocycles. The van der Waals surface area contributed by atoms with Gasteiger partial charge in [0, 0.05) is 24.7 Å². The van der Waals surface area contributed by atoms with Gasteiger partial charge >= 0.3 is 0 Å². The van der Waals surface area contributed by atoms with Crippen LogP contribution in [0.15, 0.2) is 47.4 Å². The van der Waals surface area contributed by atoms with Crippen LogP contribution in [0.1, 0.15) is 25.3 Å². The van der Waals surface area contributed by atoms with Crippen molar-refractivity contribution in [3.05, 3.63) is 58.9 Å². The Hall–Kier alpha value is -2.16. The number of hydrogen-bond donors (Lipinski definition) is 1. The summed E-state index contributed by atoms with van der Waals surface area (Å²) in [4.78, 5) is 12.6. The molecule has 0 aromatic heterocycles. The van der Waals surface area contributed by atoms with Crippen LogP contribution >= 0.6 is 11.6 Å². The largest absolute Gasteiger partial charge is 0.492 e. The monoisotopic (exact) mass is 454 g/mol. The van der Waals surface area contributed by atoms with E-state index in [1.807, 2.05) is 0 Å². The summed E-state index contributed by atoms with van der Waals surface area (Å²) in [5.41, 5.74) is 0.769. The van der Waals surface area contributed by atoms with Crippen molar-refractivity contribution in [2.45, 2.75) is 31.2 Å². The van der Waals surface area contributed by atoms with E-state index in [9.17, 15) is 17.6 Å². The van der Waals surface area contributed by atoms with Crippen molar-refractivity contribution in [1.29, 1.82) is 0 Å². The van der Waals surface area contributed by atoms with Gasteiger partial charge in [0.05, 0.1) is 12.5 Å². The highest BCUT2D eigenvalue weighted by atomic mass is 35.5. The summed E-state index contributed by atoms with van der Waals surface area (Å²) >= 11 is 6.02. The maximum Gasteiger partial charge on any atom is 0.246 e. The van der Waals surface area contributed by atoms with Gasteiger partial charge in [0.25, 0.3) is 0 Å². The van der Waals surface area contributed by atoms with Gasteiger partial charge in [-0.3, -0.25) is 4.79 Å². The van der Waals surface area contributed by atoms with E-state index in [-0.39, 0.29) is 35.5 Å². The third-order valence-corrected chi connectivity index (χ3v) is 7.08. The molecule has 0 spiro atoms. The van der Waals surface area contributed by atoms with Gasteiger partial charge < -0.3 is 10.1 Å². The van der Waals surface area contributed by atoms with Crippen molar-refractivity contribution < 1.29 is 22.3 Å². The number of sulfonamides is 1. The van der Waals surface area contributed by atoms with Crippen molar-refractivity contribution in [3.8, 4) is 5.75 Å². The quantitative estimate of drug-likeness (QED) is 0.693. The Labute approximate surface area is 181 Å². The number of nitrogens with one attached hydrogen (secondary N) is 1. The van der Waals surface area contributed by atoms with Gasteiger partial charge in [-0.1, -0.05) is 23.7 Å². The fraction of sp³-hybridized carbons (Fsp3) is 0.381. The van der Waals surface area contributed by atoms with Crippen LogP contribution < -0.4 is 10.1 Å². The molecule has 9 heteroatoms. The number of carbonyl (C=O) groups excluding carboxylic acids is 1. The lowest BCUT2D eigenvalue weighted by molar-refractivity contribution is -0.126. The Morgan fingerprint density at radius 3 is 2.70 bits per heavy atom. The first kappa shape index (κ1) is 22.5. The molecule has 1 N–H and O–H groups in total. The highest BCUT2D eigenvalue weighted by molar-refractivity contribution is 7.89. The summed E-state index contributed by atoms with van der Waals surface area (Å²) in [5, 5.41) is 3.11. The molecule has 1 unspecified atom stereocenters. The number of benzene rings is 2. The molecule has 0 saturated carbocycles. The van der Waals surface area contributed by atoms with Gasteiger partial charge in [-0.2, -0.15) is 4.31 Å². The van der Waals surface area contributed by atoms with Gasteiger partial charge in [0.15, 0.2) is 0 Å². The normalized spacial score (nSPS) is 17.5. The topological polar surface area (TPSA) is 75.7 Å². The molecule has 0 aliphatic carbocycles. The first-order valence-electron chi connectivity index (χ1n) is 9.76. The zero-order valence-corrected chi connectivity index (χ0v) is 18.2. The molecule has 1 fully saturated rings. The van der Waals surface area contributed by atoms with Gasteiger partial charge in [-0.25, -0.2) is 12.8 Å². The minimum Gasteiger partial charge on any atom is -0.492 e. The van der Waals surface area contributed by atoms with Crippen LogP contribution in [0.2, 0.25) is 5.02 Å². The molecular weight excluding hydrogens is 431 g/mol. The molecular formula is C21H24ClFN2O4S. The predicted octanol–water partition coefficient (Wildman–Crippen LogP) is 3.59. The number of rotatable bonds is 7. The summed E-state index contributed by atoms with van der Waals surface area (Å²) in [7, 11) is -3.87. The van der Waals surface area contributed by atoms with Crippen LogP contribution in [-0.2, 0) is 21.4 Å². The van der Waals surface area contributed by atoms with Crippen molar-refractivity contribution in [3.63, 3.8) is 0 Å². The van der Waals surface area contributed by atoms with Crippen LogP contribution in [0.3, 0.4) is 0 Å². The van der Waals surface area contributed by atoms with Crippen molar-refractivity contribution in [2.24, 2.45) is 5.92 Å². The molecule has 0 bridgehead atoms. The Morgan fingerprint density at radius 1 is 1.27 bits per heavy atom. The van der Waals surface area contributed by atoms with Crippen molar-refractivity contribution >= 4 is 27.5 Å². The van der Waals surface area contributed by atoms with Crippen molar-refractivity contribution in [1.82, 2.24) is 9.62 Å². The Morgan fingerprint density at radius 2 is 2.00 bits per heavy atom. The second kappa shape index (κ2) is 9.76. The number of ether oxygens (including phenoxy) is 1. The van der Waals surface area contributed by atoms with E-state index in [0.29, 0.717) is 31.0 Å². The first-order valence-corrected chi connectivity index (χ1v) is 11.6. The molecule has 6 nitrogen and oxygen atoms in total. The minimum atomic E-state index is -3.87. The average molecular weight is 455 g/mol. The molecule has 30 heavy (non-hydrogen) atoms. The van der Waals surface area contributed by atoms with Crippen LogP contribution in [0.5, 0.6) is 5.75 Å². The van der Waals surface area contributed by atoms with Gasteiger partial charge in [0.2, 0.25) is 15.9 Å². The zero-order valence-electron chi connectivity index (χ0n) is 16.6. The lowest BCUT2D eigenvalue weighted by Crippen LogP contribution is -2.45. The molecule has 162 valence electrons. The summed E-state index contributed by atoms with van der Waals surface area (Å²) in [6, 6.07) is 10.3. The number of carbonyl (C=O) groups is 1. The molecule has 1 atom stereocenters. The van der Waals surface area contributed by atoms with E-state index in [1.165, 1.54) is 28.6 Å². The van der Waals surface area contributed by atoms with Crippen LogP contribution in [-0.4, -0.2) is 38.3 Å². The standard InChI is InChI=1S/C21H24ClFN2O4S/c1-2-29-19-10-7-17(22)12-20(19)30(27,28)25-11-3-4-16(14-25)21(26)24-13-15-5-8-18(23)9-6-15/h5-10,12,16H,2-4,11,13-14H2,1H3,(H,24,26). The summed E-state index contributed by atoms with van der Waals surface area (Å²) < 4.78 is 46.3. The van der Waals surface area contributed by atoms with Crippen molar-refractivity contribution in [2.75, 3.05) is 19.7 Å². The van der Waals surface area contributed by atoms with E-state index in [0.717, 1.165) is 5.56 Å². The molecule has 1 amide bonds. The Kier molecular flexibility index (Phi) is 7.33. The number of hydrogen-bond acceptors (Lipinski definition) is 4. The number of piperidine rings is 1. The second-order valence-electron chi connectivity index (χ2n) is 7.07. The van der Waals surface area contributed by atoms with Crippen LogP contribution in [0.25, 0.3) is 0 Å². The lowest BCUT2D eigenvalue weighted by atomic mass is 9.99. The van der Waals surface area contributed by atoms with Gasteiger partial charge in [-0.05, 0) is 55.7 Å². The van der Waals surface area contributed by atoms with Gasteiger partial charge in [-0.15, -0.1) is 0 Å². The second-order valence-corrected chi connectivity index (χ2v) is 9.41.